The number of carbonyl (C=O) groups excluding carboxylic acids is 1. The number of aromatic amines is 1. The number of Topliss-reactive ketones (excluding diaryl/α,β-unsaturated/α-hetero) is 1. The third kappa shape index (κ3) is 5.69. The predicted molar refractivity (Wildman–Crippen MR) is 120 cm³/mol. The van der Waals surface area contributed by atoms with Crippen LogP contribution in [0.15, 0.2) is 67.0 Å². The quantitative estimate of drug-likeness (QED) is 0.290. The highest BCUT2D eigenvalue weighted by atomic mass is 19.1. The van der Waals surface area contributed by atoms with Crippen LogP contribution in [-0.4, -0.2) is 31.4 Å². The van der Waals surface area contributed by atoms with Crippen molar-refractivity contribution in [2.24, 2.45) is 0 Å². The average Bonchev–Trinajstić information content (AvgIpc) is 3.36. The number of benzene rings is 2. The Labute approximate surface area is 185 Å². The standard InChI is InChI=1S/C25H24FN5O/c26-22-9-3-6-18(15-22)5-1-2-8-20-16-21(25-28-30-31-29-25)11-12-23(20)24(32)13-10-19-7-4-14-27-17-19/h3-4,6-7,9,11-12,14-17H,1-2,5,8,10,13H2,(H,28,29,30,31). The van der Waals surface area contributed by atoms with Crippen LogP contribution in [0.2, 0.25) is 0 Å². The Hall–Kier alpha value is -3.74. The van der Waals surface area contributed by atoms with Crippen molar-refractivity contribution in [2.45, 2.75) is 38.5 Å². The first-order chi connectivity index (χ1) is 15.7. The molecule has 6 nitrogen and oxygen atoms in total. The first-order valence-corrected chi connectivity index (χ1v) is 10.7. The van der Waals surface area contributed by atoms with Gasteiger partial charge in [-0.15, -0.1) is 10.2 Å². The summed E-state index contributed by atoms with van der Waals surface area (Å²) in [5.74, 6) is 0.394. The van der Waals surface area contributed by atoms with Gasteiger partial charge < -0.3 is 0 Å². The molecule has 0 aliphatic rings. The van der Waals surface area contributed by atoms with E-state index in [4.69, 9.17) is 0 Å². The van der Waals surface area contributed by atoms with Crippen LogP contribution >= 0.6 is 0 Å². The van der Waals surface area contributed by atoms with Gasteiger partial charge in [0, 0.05) is 29.9 Å². The molecule has 162 valence electrons. The SMILES string of the molecule is O=C(CCc1cccnc1)c1ccc(-c2nn[nH]n2)cc1CCCCc1cccc(F)c1. The molecule has 0 fully saturated rings. The number of hydrogen-bond acceptors (Lipinski definition) is 5. The summed E-state index contributed by atoms with van der Waals surface area (Å²) >= 11 is 0. The zero-order chi connectivity index (χ0) is 22.2. The van der Waals surface area contributed by atoms with Crippen molar-refractivity contribution in [3.05, 3.63) is 95.1 Å². The molecule has 0 aliphatic heterocycles. The van der Waals surface area contributed by atoms with Crippen LogP contribution in [0, 0.1) is 5.82 Å². The van der Waals surface area contributed by atoms with E-state index in [1.165, 1.54) is 6.07 Å². The van der Waals surface area contributed by atoms with Crippen molar-refractivity contribution in [2.75, 3.05) is 0 Å². The van der Waals surface area contributed by atoms with Gasteiger partial charge in [0.05, 0.1) is 0 Å². The molecule has 7 heteroatoms. The van der Waals surface area contributed by atoms with E-state index < -0.39 is 0 Å². The van der Waals surface area contributed by atoms with Gasteiger partial charge in [-0.3, -0.25) is 9.78 Å². The van der Waals surface area contributed by atoms with E-state index in [1.54, 1.807) is 24.5 Å². The molecule has 32 heavy (non-hydrogen) atoms. The highest BCUT2D eigenvalue weighted by Crippen LogP contribution is 2.23. The van der Waals surface area contributed by atoms with Crippen LogP contribution in [0.5, 0.6) is 0 Å². The molecule has 2 aromatic heterocycles. The van der Waals surface area contributed by atoms with Gasteiger partial charge in [-0.2, -0.15) is 5.21 Å². The van der Waals surface area contributed by atoms with Crippen molar-refractivity contribution in [1.82, 2.24) is 25.6 Å². The number of rotatable bonds is 10. The molecule has 0 amide bonds. The molecule has 0 spiro atoms. The van der Waals surface area contributed by atoms with Crippen LogP contribution < -0.4 is 0 Å². The van der Waals surface area contributed by atoms with Crippen LogP contribution in [0.3, 0.4) is 0 Å². The molecule has 0 atom stereocenters. The summed E-state index contributed by atoms with van der Waals surface area (Å²) in [4.78, 5) is 17.1. The van der Waals surface area contributed by atoms with Crippen molar-refractivity contribution >= 4 is 5.78 Å². The maximum Gasteiger partial charge on any atom is 0.204 e. The van der Waals surface area contributed by atoms with Gasteiger partial charge >= 0.3 is 0 Å². The number of unbranched alkanes of at least 4 members (excludes halogenated alkanes) is 1. The molecule has 0 radical (unpaired) electrons. The van der Waals surface area contributed by atoms with E-state index in [0.717, 1.165) is 53.5 Å². The number of carbonyl (C=O) groups is 1. The van der Waals surface area contributed by atoms with Gasteiger partial charge in [0.25, 0.3) is 0 Å². The van der Waals surface area contributed by atoms with Crippen molar-refractivity contribution < 1.29 is 9.18 Å². The Kier molecular flexibility index (Phi) is 7.07. The molecule has 4 aromatic rings. The maximum atomic E-state index is 13.4. The summed E-state index contributed by atoms with van der Waals surface area (Å²) in [5, 5.41) is 14.2. The second kappa shape index (κ2) is 10.5. The predicted octanol–water partition coefficient (Wildman–Crippen LogP) is 4.78. The fourth-order valence-corrected chi connectivity index (χ4v) is 3.77. The largest absolute Gasteiger partial charge is 0.294 e. The normalized spacial score (nSPS) is 10.9. The third-order valence-corrected chi connectivity index (χ3v) is 5.42. The Morgan fingerprint density at radius 2 is 1.81 bits per heavy atom. The summed E-state index contributed by atoms with van der Waals surface area (Å²) < 4.78 is 13.4. The molecule has 0 saturated heterocycles. The number of H-pyrrole nitrogens is 1. The molecular formula is C25H24FN5O. The second-order valence-corrected chi connectivity index (χ2v) is 7.73. The minimum atomic E-state index is -0.211. The Balaban J connectivity index is 1.45. The molecule has 1 N–H and O–H groups in total. The number of tetrazole rings is 1. The van der Waals surface area contributed by atoms with Gasteiger partial charge in [-0.05, 0) is 78.3 Å². The zero-order valence-electron chi connectivity index (χ0n) is 17.7. The minimum absolute atomic E-state index is 0.105. The topological polar surface area (TPSA) is 84.4 Å². The number of aromatic nitrogens is 5. The average molecular weight is 429 g/mol. The lowest BCUT2D eigenvalue weighted by atomic mass is 9.93. The van der Waals surface area contributed by atoms with Crippen molar-refractivity contribution in [3.8, 4) is 11.4 Å². The molecule has 2 aromatic carbocycles. The number of ketones is 1. The lowest BCUT2D eigenvalue weighted by Crippen LogP contribution is -2.06. The van der Waals surface area contributed by atoms with Gasteiger partial charge in [0.15, 0.2) is 5.78 Å². The minimum Gasteiger partial charge on any atom is -0.294 e. The number of pyridine rings is 1. The van der Waals surface area contributed by atoms with Gasteiger partial charge in [0.1, 0.15) is 5.82 Å². The number of aryl methyl sites for hydroxylation is 3. The number of nitrogens with one attached hydrogen (secondary N) is 1. The Bertz CT molecular complexity index is 1160. The number of hydrogen-bond donors (Lipinski definition) is 1. The third-order valence-electron chi connectivity index (χ3n) is 5.42. The maximum absolute atomic E-state index is 13.4. The summed E-state index contributed by atoms with van der Waals surface area (Å²) in [7, 11) is 0. The van der Waals surface area contributed by atoms with E-state index >= 15 is 0 Å². The first-order valence-electron chi connectivity index (χ1n) is 10.7. The molecular weight excluding hydrogens is 405 g/mol. The first kappa shape index (κ1) is 21.5. The van der Waals surface area contributed by atoms with E-state index in [9.17, 15) is 9.18 Å². The van der Waals surface area contributed by atoms with Gasteiger partial charge in [0.2, 0.25) is 5.82 Å². The van der Waals surface area contributed by atoms with Crippen LogP contribution in [0.25, 0.3) is 11.4 Å². The monoisotopic (exact) mass is 429 g/mol. The molecule has 2 heterocycles. The number of nitrogens with zero attached hydrogens (tertiary/aromatic N) is 4. The lowest BCUT2D eigenvalue weighted by Gasteiger charge is -2.11. The summed E-state index contributed by atoms with van der Waals surface area (Å²) in [5.41, 5.74) is 4.55. The van der Waals surface area contributed by atoms with E-state index in [2.05, 4.69) is 25.6 Å². The molecule has 0 aliphatic carbocycles. The summed E-state index contributed by atoms with van der Waals surface area (Å²) in [6.45, 7) is 0. The number of halogens is 1. The smallest absolute Gasteiger partial charge is 0.204 e. The van der Waals surface area contributed by atoms with E-state index in [1.807, 2.05) is 36.4 Å². The van der Waals surface area contributed by atoms with Crippen LogP contribution in [-0.2, 0) is 19.3 Å². The molecule has 4 rings (SSSR count). The van der Waals surface area contributed by atoms with E-state index in [0.29, 0.717) is 18.7 Å². The van der Waals surface area contributed by atoms with Crippen molar-refractivity contribution in [1.29, 1.82) is 0 Å². The van der Waals surface area contributed by atoms with Crippen LogP contribution in [0.1, 0.15) is 46.3 Å². The summed E-state index contributed by atoms with van der Waals surface area (Å²) in [6.07, 6.45) is 7.92. The highest BCUT2D eigenvalue weighted by molar-refractivity contribution is 5.98. The zero-order valence-corrected chi connectivity index (χ0v) is 17.7. The molecule has 0 saturated carbocycles. The van der Waals surface area contributed by atoms with Crippen LogP contribution in [0.4, 0.5) is 4.39 Å². The van der Waals surface area contributed by atoms with E-state index in [-0.39, 0.29) is 11.6 Å². The Morgan fingerprint density at radius 1 is 0.938 bits per heavy atom. The molecule has 0 unspecified atom stereocenters. The fourth-order valence-electron chi connectivity index (χ4n) is 3.77. The van der Waals surface area contributed by atoms with Gasteiger partial charge in [-0.25, -0.2) is 4.39 Å². The van der Waals surface area contributed by atoms with Crippen molar-refractivity contribution in [3.63, 3.8) is 0 Å². The Morgan fingerprint density at radius 3 is 2.59 bits per heavy atom. The van der Waals surface area contributed by atoms with Gasteiger partial charge in [-0.1, -0.05) is 30.3 Å². The lowest BCUT2D eigenvalue weighted by molar-refractivity contribution is 0.0982. The highest BCUT2D eigenvalue weighted by Gasteiger charge is 2.14. The summed E-state index contributed by atoms with van der Waals surface area (Å²) in [6, 6.07) is 16.3. The second-order valence-electron chi connectivity index (χ2n) is 7.73. The molecule has 0 bridgehead atoms. The fraction of sp³-hybridized carbons (Fsp3) is 0.240.